The highest BCUT2D eigenvalue weighted by Crippen LogP contribution is 2.11. The lowest BCUT2D eigenvalue weighted by atomic mass is 10.4. The Bertz CT molecular complexity index is 721. The molecule has 0 aromatic carbocycles. The summed E-state index contributed by atoms with van der Waals surface area (Å²) in [6.45, 7) is 2.35. The van der Waals surface area contributed by atoms with Crippen molar-refractivity contribution in [1.29, 1.82) is 0 Å². The Morgan fingerprint density at radius 1 is 1.24 bits per heavy atom. The highest BCUT2D eigenvalue weighted by atomic mass is 16.3. The summed E-state index contributed by atoms with van der Waals surface area (Å²) in [5.41, 5.74) is 2.41. The smallest absolute Gasteiger partial charge is 0.243 e. The van der Waals surface area contributed by atoms with Crippen LogP contribution in [0.15, 0.2) is 35.3 Å². The fourth-order valence-electron chi connectivity index (χ4n) is 1.75. The van der Waals surface area contributed by atoms with Gasteiger partial charge in [0.15, 0.2) is 0 Å². The van der Waals surface area contributed by atoms with E-state index >= 15 is 0 Å². The summed E-state index contributed by atoms with van der Waals surface area (Å²) in [5, 5.41) is 3.07. The molecule has 0 unspecified atom stereocenters. The number of hydrogen-bond acceptors (Lipinski definition) is 8. The van der Waals surface area contributed by atoms with Crippen LogP contribution in [0.25, 0.3) is 5.95 Å². The number of rotatable bonds is 5. The number of aromatic nitrogens is 5. The van der Waals surface area contributed by atoms with Gasteiger partial charge < -0.3 is 9.73 Å². The van der Waals surface area contributed by atoms with Crippen molar-refractivity contribution in [2.75, 3.05) is 10.7 Å². The fraction of sp³-hybridized carbons (Fsp3) is 0.167. The van der Waals surface area contributed by atoms with Gasteiger partial charge in [0.25, 0.3) is 0 Å². The second kappa shape index (κ2) is 5.59. The van der Waals surface area contributed by atoms with Crippen LogP contribution in [-0.4, -0.2) is 24.5 Å². The molecule has 0 saturated carbocycles. The minimum atomic E-state index is 0.256. The lowest BCUT2D eigenvalue weighted by Crippen LogP contribution is -2.15. The van der Waals surface area contributed by atoms with Crippen LogP contribution < -0.4 is 16.6 Å². The van der Waals surface area contributed by atoms with E-state index in [1.807, 2.05) is 19.1 Å². The van der Waals surface area contributed by atoms with Gasteiger partial charge in [-0.1, -0.05) is 0 Å². The number of anilines is 2. The zero-order valence-corrected chi connectivity index (χ0v) is 11.3. The number of nitrogens with one attached hydrogen (secondary N) is 2. The normalized spacial score (nSPS) is 10.6. The second-order valence-corrected chi connectivity index (χ2v) is 4.26. The number of hydrazine groups is 1. The van der Waals surface area contributed by atoms with Crippen LogP contribution in [0.3, 0.4) is 0 Å². The monoisotopic (exact) mass is 286 g/mol. The number of hydrogen-bond donors (Lipinski definition) is 3. The van der Waals surface area contributed by atoms with Crippen molar-refractivity contribution in [3.63, 3.8) is 0 Å². The topological polar surface area (TPSA) is 120 Å². The van der Waals surface area contributed by atoms with Gasteiger partial charge >= 0.3 is 0 Å². The number of nitrogens with zero attached hydrogens (tertiary/aromatic N) is 5. The van der Waals surface area contributed by atoms with Crippen molar-refractivity contribution in [2.45, 2.75) is 13.5 Å². The Balaban J connectivity index is 1.82. The molecule has 0 aliphatic heterocycles. The molecule has 0 aliphatic carbocycles. The van der Waals surface area contributed by atoms with E-state index in [0.29, 0.717) is 18.4 Å². The number of imidazole rings is 1. The van der Waals surface area contributed by atoms with Gasteiger partial charge in [-0.25, -0.2) is 10.8 Å². The van der Waals surface area contributed by atoms with Gasteiger partial charge in [-0.05, 0) is 19.1 Å². The van der Waals surface area contributed by atoms with Gasteiger partial charge in [0.1, 0.15) is 17.8 Å². The van der Waals surface area contributed by atoms with Crippen LogP contribution >= 0.6 is 0 Å². The molecule has 3 aromatic rings. The lowest BCUT2D eigenvalue weighted by molar-refractivity contribution is 0.490. The fourth-order valence-corrected chi connectivity index (χ4v) is 1.75. The molecule has 0 atom stereocenters. The molecule has 0 amide bonds. The predicted molar refractivity (Wildman–Crippen MR) is 75.5 cm³/mol. The van der Waals surface area contributed by atoms with E-state index in [4.69, 9.17) is 10.3 Å². The second-order valence-electron chi connectivity index (χ2n) is 4.26. The largest absolute Gasteiger partial charge is 0.465 e. The molecule has 21 heavy (non-hydrogen) atoms. The van der Waals surface area contributed by atoms with Gasteiger partial charge in [0, 0.05) is 12.4 Å². The van der Waals surface area contributed by atoms with Crippen LogP contribution in [0.2, 0.25) is 0 Å². The first-order chi connectivity index (χ1) is 10.2. The van der Waals surface area contributed by atoms with Crippen LogP contribution in [-0.2, 0) is 6.54 Å². The molecular formula is C12H14N8O. The van der Waals surface area contributed by atoms with Crippen LogP contribution in [0.4, 0.5) is 11.9 Å². The van der Waals surface area contributed by atoms with Gasteiger partial charge in [-0.3, -0.25) is 9.99 Å². The summed E-state index contributed by atoms with van der Waals surface area (Å²) < 4.78 is 7.13. The van der Waals surface area contributed by atoms with Crippen molar-refractivity contribution in [1.82, 2.24) is 24.5 Å². The summed E-state index contributed by atoms with van der Waals surface area (Å²) in [6.07, 6.45) is 4.96. The summed E-state index contributed by atoms with van der Waals surface area (Å²) in [5.74, 6) is 8.07. The zero-order chi connectivity index (χ0) is 14.7. The van der Waals surface area contributed by atoms with Crippen molar-refractivity contribution in [3.05, 3.63) is 42.4 Å². The predicted octanol–water partition coefficient (Wildman–Crippen LogP) is 0.856. The molecule has 0 saturated heterocycles. The number of aryl methyl sites for hydroxylation is 1. The summed E-state index contributed by atoms with van der Waals surface area (Å²) in [7, 11) is 0. The van der Waals surface area contributed by atoms with E-state index in [1.54, 1.807) is 23.3 Å². The van der Waals surface area contributed by atoms with E-state index < -0.39 is 0 Å². The Labute approximate surface area is 120 Å². The molecule has 3 rings (SSSR count). The van der Waals surface area contributed by atoms with Crippen LogP contribution in [0.5, 0.6) is 0 Å². The quantitative estimate of drug-likeness (QED) is 0.466. The van der Waals surface area contributed by atoms with E-state index in [9.17, 15) is 0 Å². The van der Waals surface area contributed by atoms with E-state index in [2.05, 4.69) is 30.7 Å². The Morgan fingerprint density at radius 2 is 2.10 bits per heavy atom. The van der Waals surface area contributed by atoms with E-state index in [-0.39, 0.29) is 5.95 Å². The molecule has 9 nitrogen and oxygen atoms in total. The molecule has 4 N–H and O–H groups in total. The SMILES string of the molecule is Cc1ccc(CNc2nc(NN)nc(-n3ccnc3)n2)o1. The molecule has 3 heterocycles. The Hall–Kier alpha value is -2.94. The maximum Gasteiger partial charge on any atom is 0.243 e. The molecule has 9 heteroatoms. The average Bonchev–Trinajstić information content (AvgIpc) is 3.16. The van der Waals surface area contributed by atoms with Crippen LogP contribution in [0, 0.1) is 6.92 Å². The molecule has 0 bridgehead atoms. The lowest BCUT2D eigenvalue weighted by Gasteiger charge is -2.07. The van der Waals surface area contributed by atoms with Gasteiger partial charge in [-0.15, -0.1) is 0 Å². The summed E-state index contributed by atoms with van der Waals surface area (Å²) >= 11 is 0. The Kier molecular flexibility index (Phi) is 3.48. The third kappa shape index (κ3) is 2.98. The Morgan fingerprint density at radius 3 is 2.76 bits per heavy atom. The maximum atomic E-state index is 5.48. The van der Waals surface area contributed by atoms with Crippen molar-refractivity contribution >= 4 is 11.9 Å². The minimum absolute atomic E-state index is 0.256. The molecule has 0 radical (unpaired) electrons. The van der Waals surface area contributed by atoms with E-state index in [0.717, 1.165) is 11.5 Å². The number of nitrogens with two attached hydrogens (primary N) is 1. The third-order valence-corrected chi connectivity index (χ3v) is 2.70. The van der Waals surface area contributed by atoms with Gasteiger partial charge in [0.2, 0.25) is 17.8 Å². The molecule has 0 spiro atoms. The van der Waals surface area contributed by atoms with Gasteiger partial charge in [-0.2, -0.15) is 15.0 Å². The highest BCUT2D eigenvalue weighted by Gasteiger charge is 2.08. The van der Waals surface area contributed by atoms with Crippen molar-refractivity contribution in [2.24, 2.45) is 5.84 Å². The average molecular weight is 286 g/mol. The first kappa shape index (κ1) is 13.1. The molecule has 0 fully saturated rings. The first-order valence-electron chi connectivity index (χ1n) is 6.25. The zero-order valence-electron chi connectivity index (χ0n) is 11.3. The van der Waals surface area contributed by atoms with Crippen LogP contribution in [0.1, 0.15) is 11.5 Å². The number of furan rings is 1. The standard InChI is InChI=1S/C12H14N8O/c1-8-2-3-9(21-8)6-15-10-16-11(19-13)18-12(17-10)20-5-4-14-7-20/h2-5,7H,6,13H2,1H3,(H2,15,16,17,18,19). The molecule has 3 aromatic heterocycles. The first-order valence-corrected chi connectivity index (χ1v) is 6.25. The molecular weight excluding hydrogens is 272 g/mol. The number of nitrogen functional groups attached to an aromatic ring is 1. The van der Waals surface area contributed by atoms with Gasteiger partial charge in [0.05, 0.1) is 6.54 Å². The maximum absolute atomic E-state index is 5.48. The minimum Gasteiger partial charge on any atom is -0.465 e. The molecule has 0 aliphatic rings. The highest BCUT2D eigenvalue weighted by molar-refractivity contribution is 5.37. The summed E-state index contributed by atoms with van der Waals surface area (Å²) in [6, 6.07) is 3.79. The summed E-state index contributed by atoms with van der Waals surface area (Å²) in [4.78, 5) is 16.5. The van der Waals surface area contributed by atoms with E-state index in [1.165, 1.54) is 0 Å². The van der Waals surface area contributed by atoms with Crippen molar-refractivity contribution < 1.29 is 4.42 Å². The third-order valence-electron chi connectivity index (χ3n) is 2.70. The molecule has 108 valence electrons. The van der Waals surface area contributed by atoms with Crippen molar-refractivity contribution in [3.8, 4) is 5.95 Å².